The van der Waals surface area contributed by atoms with Crippen molar-refractivity contribution >= 4 is 29.7 Å². The standard InChI is InChI=1S/C12H18N2O3S.ClH/c1-9-8-18-12(17)14(9)7-6-13-5-3-2-4-10(13)11(15)16;/h8,10H,2-7H2,1H3,(H,15,16);1H. The molecule has 108 valence electrons. The van der Waals surface area contributed by atoms with E-state index in [1.54, 1.807) is 4.57 Å². The van der Waals surface area contributed by atoms with Gasteiger partial charge in [-0.25, -0.2) is 0 Å². The van der Waals surface area contributed by atoms with Crippen molar-refractivity contribution in [3.8, 4) is 0 Å². The first kappa shape index (κ1) is 16.2. The molecule has 1 aliphatic heterocycles. The quantitative estimate of drug-likeness (QED) is 0.917. The molecule has 0 saturated carbocycles. The summed E-state index contributed by atoms with van der Waals surface area (Å²) in [5.41, 5.74) is 0.953. The first-order valence-corrected chi connectivity index (χ1v) is 7.09. The molecule has 0 radical (unpaired) electrons. The van der Waals surface area contributed by atoms with Gasteiger partial charge in [0, 0.05) is 24.2 Å². The third-order valence-electron chi connectivity index (χ3n) is 3.49. The minimum Gasteiger partial charge on any atom is -0.480 e. The van der Waals surface area contributed by atoms with Crippen molar-refractivity contribution in [2.45, 2.75) is 38.8 Å². The molecule has 19 heavy (non-hydrogen) atoms. The summed E-state index contributed by atoms with van der Waals surface area (Å²) in [5, 5.41) is 11.0. The van der Waals surface area contributed by atoms with Crippen molar-refractivity contribution in [1.29, 1.82) is 0 Å². The maximum Gasteiger partial charge on any atom is 0.320 e. The number of halogens is 1. The number of aromatic nitrogens is 1. The van der Waals surface area contributed by atoms with Crippen LogP contribution >= 0.6 is 23.7 Å². The Labute approximate surface area is 122 Å². The van der Waals surface area contributed by atoms with Crippen molar-refractivity contribution in [2.75, 3.05) is 13.1 Å². The van der Waals surface area contributed by atoms with Gasteiger partial charge in [0.25, 0.3) is 0 Å². The second-order valence-electron chi connectivity index (χ2n) is 4.68. The van der Waals surface area contributed by atoms with E-state index in [2.05, 4.69) is 0 Å². The molecular weight excluding hydrogens is 288 g/mol. The van der Waals surface area contributed by atoms with Crippen molar-refractivity contribution in [3.63, 3.8) is 0 Å². The Morgan fingerprint density at radius 2 is 2.21 bits per heavy atom. The van der Waals surface area contributed by atoms with E-state index >= 15 is 0 Å². The fourth-order valence-electron chi connectivity index (χ4n) is 2.44. The Hall–Kier alpha value is -0.850. The van der Waals surface area contributed by atoms with Crippen LogP contribution in [-0.2, 0) is 11.3 Å². The van der Waals surface area contributed by atoms with Gasteiger partial charge in [0.1, 0.15) is 6.04 Å². The average Bonchev–Trinajstić information content (AvgIpc) is 2.67. The largest absolute Gasteiger partial charge is 0.480 e. The number of carbonyl (C=O) groups is 1. The SMILES string of the molecule is Cc1csc(=O)n1CCN1CCCCC1C(=O)O.Cl. The summed E-state index contributed by atoms with van der Waals surface area (Å²) >= 11 is 1.20. The van der Waals surface area contributed by atoms with E-state index in [0.29, 0.717) is 19.5 Å². The molecule has 0 amide bonds. The summed E-state index contributed by atoms with van der Waals surface area (Å²) in [4.78, 5) is 24.7. The van der Waals surface area contributed by atoms with Crippen molar-refractivity contribution < 1.29 is 9.90 Å². The molecule has 1 atom stereocenters. The molecule has 1 aromatic heterocycles. The molecule has 2 heterocycles. The van der Waals surface area contributed by atoms with Gasteiger partial charge in [0.2, 0.25) is 0 Å². The molecule has 0 aliphatic carbocycles. The van der Waals surface area contributed by atoms with Crippen LogP contribution < -0.4 is 4.87 Å². The molecule has 1 saturated heterocycles. The van der Waals surface area contributed by atoms with Gasteiger partial charge in [-0.05, 0) is 26.3 Å². The second-order valence-corrected chi connectivity index (χ2v) is 5.50. The van der Waals surface area contributed by atoms with Crippen molar-refractivity contribution in [3.05, 3.63) is 20.7 Å². The second kappa shape index (κ2) is 7.07. The average molecular weight is 307 g/mol. The summed E-state index contributed by atoms with van der Waals surface area (Å²) in [7, 11) is 0. The summed E-state index contributed by atoms with van der Waals surface area (Å²) in [6, 6.07) is -0.381. The van der Waals surface area contributed by atoms with Crippen LogP contribution in [0.5, 0.6) is 0 Å². The zero-order valence-electron chi connectivity index (χ0n) is 10.9. The van der Waals surface area contributed by atoms with Crippen LogP contribution in [0.2, 0.25) is 0 Å². The number of likely N-dealkylation sites (tertiary alicyclic amines) is 1. The zero-order chi connectivity index (χ0) is 13.1. The fourth-order valence-corrected chi connectivity index (χ4v) is 3.20. The topological polar surface area (TPSA) is 62.5 Å². The van der Waals surface area contributed by atoms with E-state index in [1.807, 2.05) is 17.2 Å². The monoisotopic (exact) mass is 306 g/mol. The van der Waals surface area contributed by atoms with Gasteiger partial charge in [0.15, 0.2) is 0 Å². The number of carboxylic acids is 1. The number of hydrogen-bond donors (Lipinski definition) is 1. The van der Waals surface area contributed by atoms with Gasteiger partial charge in [-0.2, -0.15) is 0 Å². The molecule has 0 bridgehead atoms. The lowest BCUT2D eigenvalue weighted by Crippen LogP contribution is -2.46. The molecule has 1 aliphatic rings. The van der Waals surface area contributed by atoms with Crippen LogP contribution in [-0.4, -0.2) is 39.7 Å². The lowest BCUT2D eigenvalue weighted by Gasteiger charge is -2.32. The molecule has 1 unspecified atom stereocenters. The van der Waals surface area contributed by atoms with Crippen LogP contribution in [0, 0.1) is 6.92 Å². The highest BCUT2D eigenvalue weighted by Gasteiger charge is 2.27. The summed E-state index contributed by atoms with van der Waals surface area (Å²) in [6.07, 6.45) is 2.74. The molecular formula is C12H19ClN2O3S. The minimum absolute atomic E-state index is 0. The molecule has 0 aromatic carbocycles. The Morgan fingerprint density at radius 3 is 2.79 bits per heavy atom. The molecule has 1 fully saturated rings. The summed E-state index contributed by atoms with van der Waals surface area (Å²) < 4.78 is 1.72. The van der Waals surface area contributed by atoms with E-state index in [4.69, 9.17) is 5.11 Å². The normalized spacial score (nSPS) is 19.9. The van der Waals surface area contributed by atoms with Gasteiger partial charge in [-0.3, -0.25) is 14.5 Å². The number of thiazole rings is 1. The van der Waals surface area contributed by atoms with Gasteiger partial charge >= 0.3 is 10.8 Å². The smallest absolute Gasteiger partial charge is 0.320 e. The number of carboxylic acid groups (broad SMARTS) is 1. The maximum absolute atomic E-state index is 11.6. The molecule has 2 rings (SSSR count). The van der Waals surface area contributed by atoms with Crippen molar-refractivity contribution in [1.82, 2.24) is 9.47 Å². The predicted octanol–water partition coefficient (Wildman–Crippen LogP) is 1.58. The fraction of sp³-hybridized carbons (Fsp3) is 0.667. The van der Waals surface area contributed by atoms with Gasteiger partial charge in [-0.15, -0.1) is 12.4 Å². The Balaban J connectivity index is 0.00000180. The molecule has 0 spiro atoms. The van der Waals surface area contributed by atoms with E-state index in [1.165, 1.54) is 11.3 Å². The number of rotatable bonds is 4. The number of nitrogens with zero attached hydrogens (tertiary/aromatic N) is 2. The third kappa shape index (κ3) is 3.81. The van der Waals surface area contributed by atoms with Crippen LogP contribution in [0.3, 0.4) is 0 Å². The first-order valence-electron chi connectivity index (χ1n) is 6.21. The predicted molar refractivity (Wildman–Crippen MR) is 77.4 cm³/mol. The highest BCUT2D eigenvalue weighted by molar-refractivity contribution is 7.07. The van der Waals surface area contributed by atoms with E-state index in [0.717, 1.165) is 25.1 Å². The van der Waals surface area contributed by atoms with Crippen LogP contribution in [0.1, 0.15) is 25.0 Å². The Morgan fingerprint density at radius 1 is 1.47 bits per heavy atom. The highest BCUT2D eigenvalue weighted by Crippen LogP contribution is 2.17. The Bertz CT molecular complexity index is 486. The molecule has 7 heteroatoms. The first-order chi connectivity index (χ1) is 8.59. The molecule has 1 N–H and O–H groups in total. The number of aliphatic carboxylic acids is 1. The van der Waals surface area contributed by atoms with E-state index in [9.17, 15) is 9.59 Å². The molecule has 5 nitrogen and oxygen atoms in total. The minimum atomic E-state index is -0.746. The number of piperidine rings is 1. The lowest BCUT2D eigenvalue weighted by atomic mass is 10.0. The Kier molecular flexibility index (Phi) is 6.03. The zero-order valence-corrected chi connectivity index (χ0v) is 12.5. The third-order valence-corrected chi connectivity index (χ3v) is 4.37. The van der Waals surface area contributed by atoms with Gasteiger partial charge in [0.05, 0.1) is 0 Å². The maximum atomic E-state index is 11.6. The molecule has 1 aromatic rings. The van der Waals surface area contributed by atoms with Crippen LogP contribution in [0.15, 0.2) is 10.2 Å². The van der Waals surface area contributed by atoms with Gasteiger partial charge < -0.3 is 9.67 Å². The van der Waals surface area contributed by atoms with Gasteiger partial charge in [-0.1, -0.05) is 17.8 Å². The lowest BCUT2D eigenvalue weighted by molar-refractivity contribution is -0.144. The summed E-state index contributed by atoms with van der Waals surface area (Å²) in [6.45, 7) is 3.93. The van der Waals surface area contributed by atoms with Crippen LogP contribution in [0.4, 0.5) is 0 Å². The highest BCUT2D eigenvalue weighted by atomic mass is 35.5. The van der Waals surface area contributed by atoms with E-state index < -0.39 is 5.97 Å². The number of aryl methyl sites for hydroxylation is 1. The summed E-state index contributed by atoms with van der Waals surface area (Å²) in [5.74, 6) is -0.746. The van der Waals surface area contributed by atoms with Crippen LogP contribution in [0.25, 0.3) is 0 Å². The van der Waals surface area contributed by atoms with Crippen molar-refractivity contribution in [2.24, 2.45) is 0 Å². The van der Waals surface area contributed by atoms with E-state index in [-0.39, 0.29) is 23.3 Å². The number of hydrogen-bond acceptors (Lipinski definition) is 4.